The summed E-state index contributed by atoms with van der Waals surface area (Å²) in [5, 5.41) is 3.41. The first-order valence-electron chi connectivity index (χ1n) is 7.54. The summed E-state index contributed by atoms with van der Waals surface area (Å²) < 4.78 is 5.15. The highest BCUT2D eigenvalue weighted by molar-refractivity contribution is 5.81. The van der Waals surface area contributed by atoms with Crippen molar-refractivity contribution >= 4 is 5.97 Å². The van der Waals surface area contributed by atoms with Crippen LogP contribution in [-0.4, -0.2) is 73.7 Å². The fourth-order valence-electron chi connectivity index (χ4n) is 3.59. The van der Waals surface area contributed by atoms with E-state index in [-0.39, 0.29) is 11.5 Å². The summed E-state index contributed by atoms with van der Waals surface area (Å²) in [6.07, 6.45) is 4.65. The Bertz CT molecular complexity index is 338. The second kappa shape index (κ2) is 5.38. The maximum Gasteiger partial charge on any atom is 0.327 e. The van der Waals surface area contributed by atoms with Crippen molar-refractivity contribution < 1.29 is 9.53 Å². The molecule has 0 bridgehead atoms. The molecule has 1 unspecified atom stereocenters. The first-order valence-corrected chi connectivity index (χ1v) is 7.54. The summed E-state index contributed by atoms with van der Waals surface area (Å²) in [5.74, 6) is -0.0300. The van der Waals surface area contributed by atoms with E-state index in [0.29, 0.717) is 0 Å². The summed E-state index contributed by atoms with van der Waals surface area (Å²) >= 11 is 0. The molecule has 0 spiro atoms. The Morgan fingerprint density at radius 2 is 2.11 bits per heavy atom. The minimum Gasteiger partial charge on any atom is -0.468 e. The molecular weight excluding hydrogens is 242 g/mol. The molecule has 2 heterocycles. The van der Waals surface area contributed by atoms with Crippen LogP contribution in [0.4, 0.5) is 0 Å². The number of methoxy groups -OCH3 is 1. The molecule has 3 aliphatic rings. The van der Waals surface area contributed by atoms with Crippen molar-refractivity contribution in [2.45, 2.75) is 37.3 Å². The Kier molecular flexibility index (Phi) is 3.78. The molecule has 0 aromatic carbocycles. The number of rotatable bonds is 3. The lowest BCUT2D eigenvalue weighted by atomic mass is 9.95. The molecule has 5 nitrogen and oxygen atoms in total. The number of likely N-dealkylation sites (tertiary alicyclic amines) is 1. The molecule has 0 aromatic heterocycles. The maximum absolute atomic E-state index is 12.4. The summed E-state index contributed by atoms with van der Waals surface area (Å²) in [4.78, 5) is 17.3. The van der Waals surface area contributed by atoms with Crippen molar-refractivity contribution in [1.29, 1.82) is 0 Å². The predicted molar refractivity (Wildman–Crippen MR) is 73.0 cm³/mol. The molecule has 1 aliphatic carbocycles. The summed E-state index contributed by atoms with van der Waals surface area (Å²) in [6, 6.07) is 0.733. The van der Waals surface area contributed by atoms with Crippen molar-refractivity contribution in [3.05, 3.63) is 0 Å². The number of esters is 1. The average Bonchev–Trinajstić information content (AvgIpc) is 3.23. The largest absolute Gasteiger partial charge is 0.468 e. The Labute approximate surface area is 115 Å². The van der Waals surface area contributed by atoms with Crippen molar-refractivity contribution in [3.8, 4) is 0 Å². The van der Waals surface area contributed by atoms with Gasteiger partial charge in [0, 0.05) is 38.8 Å². The van der Waals surface area contributed by atoms with Gasteiger partial charge in [0.05, 0.1) is 7.11 Å². The number of ether oxygens (including phenoxy) is 1. The number of hydrogen-bond acceptors (Lipinski definition) is 5. The van der Waals surface area contributed by atoms with Crippen molar-refractivity contribution in [2.24, 2.45) is 0 Å². The third kappa shape index (κ3) is 2.51. The standard InChI is InChI=1S/C14H25N3O2/c1-19-13(18)14(17-8-2-6-15-7-10-17)5-9-16(11-14)12-3-4-12/h12,15H,2-11H2,1H3. The number of carbonyl (C=O) groups is 1. The molecule has 1 atom stereocenters. The van der Waals surface area contributed by atoms with E-state index in [9.17, 15) is 4.79 Å². The maximum atomic E-state index is 12.4. The quantitative estimate of drug-likeness (QED) is 0.733. The van der Waals surface area contributed by atoms with Gasteiger partial charge in [-0.1, -0.05) is 0 Å². The Morgan fingerprint density at radius 3 is 2.84 bits per heavy atom. The van der Waals surface area contributed by atoms with Crippen LogP contribution in [-0.2, 0) is 9.53 Å². The molecule has 2 saturated heterocycles. The Morgan fingerprint density at radius 1 is 1.26 bits per heavy atom. The van der Waals surface area contributed by atoms with Crippen LogP contribution in [0, 0.1) is 0 Å². The van der Waals surface area contributed by atoms with Gasteiger partial charge in [-0.3, -0.25) is 9.80 Å². The minimum atomic E-state index is -0.386. The van der Waals surface area contributed by atoms with Crippen LogP contribution in [0.25, 0.3) is 0 Å². The van der Waals surface area contributed by atoms with Crippen LogP contribution in [0.1, 0.15) is 25.7 Å². The zero-order valence-electron chi connectivity index (χ0n) is 11.9. The first-order chi connectivity index (χ1) is 9.26. The molecule has 1 saturated carbocycles. The van der Waals surface area contributed by atoms with E-state index in [2.05, 4.69) is 15.1 Å². The lowest BCUT2D eigenvalue weighted by Crippen LogP contribution is -2.58. The number of nitrogens with zero attached hydrogens (tertiary/aromatic N) is 2. The summed E-state index contributed by atoms with van der Waals surface area (Å²) in [6.45, 7) is 5.89. The SMILES string of the molecule is COC(=O)C1(N2CCCNCC2)CCN(C2CC2)C1. The van der Waals surface area contributed by atoms with Crippen molar-refractivity contribution in [2.75, 3.05) is 46.4 Å². The van der Waals surface area contributed by atoms with Crippen LogP contribution in [0.5, 0.6) is 0 Å². The van der Waals surface area contributed by atoms with Gasteiger partial charge in [-0.15, -0.1) is 0 Å². The van der Waals surface area contributed by atoms with Crippen molar-refractivity contribution in [3.63, 3.8) is 0 Å². The second-order valence-electron chi connectivity index (χ2n) is 6.07. The highest BCUT2D eigenvalue weighted by atomic mass is 16.5. The van der Waals surface area contributed by atoms with Gasteiger partial charge in [0.25, 0.3) is 0 Å². The molecule has 0 aromatic rings. The Balaban J connectivity index is 1.77. The fraction of sp³-hybridized carbons (Fsp3) is 0.929. The molecule has 1 N–H and O–H groups in total. The molecule has 108 valence electrons. The van der Waals surface area contributed by atoms with Gasteiger partial charge in [-0.2, -0.15) is 0 Å². The lowest BCUT2D eigenvalue weighted by Gasteiger charge is -2.38. The van der Waals surface area contributed by atoms with E-state index >= 15 is 0 Å². The zero-order valence-corrected chi connectivity index (χ0v) is 11.9. The third-order valence-electron chi connectivity index (χ3n) is 4.85. The predicted octanol–water partition coefficient (Wildman–Crippen LogP) is 0.0616. The van der Waals surface area contributed by atoms with E-state index in [1.807, 2.05) is 0 Å². The van der Waals surface area contributed by atoms with E-state index in [0.717, 1.165) is 58.2 Å². The van der Waals surface area contributed by atoms with E-state index in [1.165, 1.54) is 20.0 Å². The second-order valence-corrected chi connectivity index (χ2v) is 6.07. The van der Waals surface area contributed by atoms with Gasteiger partial charge in [0.2, 0.25) is 0 Å². The molecule has 3 rings (SSSR count). The molecule has 0 amide bonds. The third-order valence-corrected chi connectivity index (χ3v) is 4.85. The number of nitrogens with one attached hydrogen (secondary N) is 1. The van der Waals surface area contributed by atoms with Gasteiger partial charge < -0.3 is 10.1 Å². The van der Waals surface area contributed by atoms with Gasteiger partial charge in [0.15, 0.2) is 0 Å². The zero-order chi connectivity index (χ0) is 13.3. The van der Waals surface area contributed by atoms with Crippen LogP contribution in [0.3, 0.4) is 0 Å². The fourth-order valence-corrected chi connectivity index (χ4v) is 3.59. The van der Waals surface area contributed by atoms with Gasteiger partial charge >= 0.3 is 5.97 Å². The van der Waals surface area contributed by atoms with Crippen LogP contribution in [0.15, 0.2) is 0 Å². The highest BCUT2D eigenvalue weighted by Crippen LogP contribution is 2.37. The summed E-state index contributed by atoms with van der Waals surface area (Å²) in [7, 11) is 1.53. The lowest BCUT2D eigenvalue weighted by molar-refractivity contribution is -0.154. The Hall–Kier alpha value is -0.650. The van der Waals surface area contributed by atoms with E-state index in [1.54, 1.807) is 0 Å². The first kappa shape index (κ1) is 13.3. The minimum absolute atomic E-state index is 0.0300. The number of carbonyl (C=O) groups excluding carboxylic acids is 1. The molecule has 3 fully saturated rings. The van der Waals surface area contributed by atoms with E-state index in [4.69, 9.17) is 4.74 Å². The summed E-state index contributed by atoms with van der Waals surface area (Å²) in [5.41, 5.74) is -0.386. The van der Waals surface area contributed by atoms with Crippen LogP contribution in [0.2, 0.25) is 0 Å². The van der Waals surface area contributed by atoms with Gasteiger partial charge in [-0.25, -0.2) is 4.79 Å². The highest BCUT2D eigenvalue weighted by Gasteiger charge is 2.52. The van der Waals surface area contributed by atoms with Gasteiger partial charge in [-0.05, 0) is 32.2 Å². The van der Waals surface area contributed by atoms with E-state index < -0.39 is 0 Å². The molecule has 0 radical (unpaired) electrons. The van der Waals surface area contributed by atoms with Crippen LogP contribution < -0.4 is 5.32 Å². The normalized spacial score (nSPS) is 34.2. The number of hydrogen-bond donors (Lipinski definition) is 1. The molecule has 5 heteroatoms. The van der Waals surface area contributed by atoms with Crippen LogP contribution >= 0.6 is 0 Å². The smallest absolute Gasteiger partial charge is 0.327 e. The molecule has 2 aliphatic heterocycles. The average molecular weight is 267 g/mol. The molecule has 19 heavy (non-hydrogen) atoms. The molecular formula is C14H25N3O2. The topological polar surface area (TPSA) is 44.8 Å². The monoisotopic (exact) mass is 267 g/mol. The van der Waals surface area contributed by atoms with Crippen molar-refractivity contribution in [1.82, 2.24) is 15.1 Å². The van der Waals surface area contributed by atoms with Gasteiger partial charge in [0.1, 0.15) is 5.54 Å².